The summed E-state index contributed by atoms with van der Waals surface area (Å²) < 4.78 is 24.4. The number of Topliss-reactive ketones (excluding diaryl/α,β-unsaturated/α-hetero) is 1. The van der Waals surface area contributed by atoms with E-state index in [2.05, 4.69) is 0 Å². The van der Waals surface area contributed by atoms with Crippen molar-refractivity contribution < 1.29 is 13.2 Å². The molecule has 0 fully saturated rings. The van der Waals surface area contributed by atoms with Crippen molar-refractivity contribution in [3.8, 4) is 0 Å². The Labute approximate surface area is 99.0 Å². The third-order valence-corrected chi connectivity index (χ3v) is 5.42. The van der Waals surface area contributed by atoms with Gasteiger partial charge in [0, 0.05) is 10.9 Å². The smallest absolute Gasteiger partial charge is 0.189 e. The summed E-state index contributed by atoms with van der Waals surface area (Å²) in [5.74, 6) is -0.300. The number of carbonyl (C=O) groups excluding carboxylic acids is 1. The second kappa shape index (κ2) is 3.17. The lowest BCUT2D eigenvalue weighted by atomic mass is 10.0. The summed E-state index contributed by atoms with van der Waals surface area (Å²) >= 11 is 0. The van der Waals surface area contributed by atoms with Crippen molar-refractivity contribution >= 4 is 26.4 Å². The molecule has 4 heteroatoms. The van der Waals surface area contributed by atoms with E-state index in [1.807, 2.05) is 12.1 Å². The standard InChI is InChI=1S/C13H10O3S/c1-8-12(14)11-7-6-9-4-2-3-5-10(9)13(11)17(8,15)16/h2-8H,1H3. The van der Waals surface area contributed by atoms with Gasteiger partial charge in [-0.3, -0.25) is 4.79 Å². The van der Waals surface area contributed by atoms with Gasteiger partial charge in [-0.25, -0.2) is 8.42 Å². The van der Waals surface area contributed by atoms with Crippen molar-refractivity contribution in [2.45, 2.75) is 17.1 Å². The van der Waals surface area contributed by atoms with E-state index in [4.69, 9.17) is 0 Å². The van der Waals surface area contributed by atoms with Crippen LogP contribution in [0.25, 0.3) is 10.8 Å². The predicted octanol–water partition coefficient (Wildman–Crippen LogP) is 2.20. The first kappa shape index (κ1) is 10.5. The summed E-state index contributed by atoms with van der Waals surface area (Å²) in [7, 11) is -3.51. The first-order valence-electron chi connectivity index (χ1n) is 5.33. The molecule has 0 aliphatic carbocycles. The number of hydrogen-bond acceptors (Lipinski definition) is 3. The molecule has 0 amide bonds. The monoisotopic (exact) mass is 246 g/mol. The van der Waals surface area contributed by atoms with Crippen LogP contribution in [0.2, 0.25) is 0 Å². The highest BCUT2D eigenvalue weighted by atomic mass is 32.2. The highest BCUT2D eigenvalue weighted by Crippen LogP contribution is 2.36. The van der Waals surface area contributed by atoms with E-state index in [9.17, 15) is 13.2 Å². The molecule has 1 aliphatic heterocycles. The molecule has 1 unspecified atom stereocenters. The fourth-order valence-electron chi connectivity index (χ4n) is 2.28. The Kier molecular flexibility index (Phi) is 1.95. The number of sulfone groups is 1. The molecule has 17 heavy (non-hydrogen) atoms. The number of benzene rings is 2. The molecule has 2 aromatic rings. The van der Waals surface area contributed by atoms with Crippen LogP contribution >= 0.6 is 0 Å². The lowest BCUT2D eigenvalue weighted by Gasteiger charge is -2.04. The van der Waals surface area contributed by atoms with Gasteiger partial charge in [-0.05, 0) is 18.4 Å². The van der Waals surface area contributed by atoms with Gasteiger partial charge >= 0.3 is 0 Å². The topological polar surface area (TPSA) is 51.2 Å². The van der Waals surface area contributed by atoms with Gasteiger partial charge in [0.2, 0.25) is 0 Å². The number of carbonyl (C=O) groups is 1. The van der Waals surface area contributed by atoms with Crippen LogP contribution in [0, 0.1) is 0 Å². The van der Waals surface area contributed by atoms with Crippen LogP contribution in [0.1, 0.15) is 17.3 Å². The lowest BCUT2D eigenvalue weighted by molar-refractivity contribution is 0.0995. The van der Waals surface area contributed by atoms with Gasteiger partial charge in [0.05, 0.1) is 4.90 Å². The predicted molar refractivity (Wildman–Crippen MR) is 64.9 cm³/mol. The zero-order valence-electron chi connectivity index (χ0n) is 9.17. The second-order valence-electron chi connectivity index (χ2n) is 4.21. The Morgan fingerprint density at radius 1 is 1.06 bits per heavy atom. The van der Waals surface area contributed by atoms with E-state index < -0.39 is 15.1 Å². The van der Waals surface area contributed by atoms with Gasteiger partial charge in [-0.1, -0.05) is 30.3 Å². The number of ketones is 1. The summed E-state index contributed by atoms with van der Waals surface area (Å²) in [6.07, 6.45) is 0. The van der Waals surface area contributed by atoms with E-state index >= 15 is 0 Å². The quantitative estimate of drug-likeness (QED) is 0.716. The molecular formula is C13H10O3S. The van der Waals surface area contributed by atoms with Crippen molar-refractivity contribution in [3.63, 3.8) is 0 Å². The summed E-state index contributed by atoms with van der Waals surface area (Å²) in [6, 6.07) is 10.6. The first-order valence-corrected chi connectivity index (χ1v) is 6.88. The minimum Gasteiger partial charge on any atom is -0.293 e. The molecule has 0 radical (unpaired) electrons. The van der Waals surface area contributed by atoms with Crippen LogP contribution in [-0.4, -0.2) is 19.5 Å². The van der Waals surface area contributed by atoms with Gasteiger partial charge in [0.15, 0.2) is 15.6 Å². The first-order chi connectivity index (χ1) is 8.03. The van der Waals surface area contributed by atoms with Gasteiger partial charge in [-0.15, -0.1) is 0 Å². The van der Waals surface area contributed by atoms with Crippen LogP contribution in [0.4, 0.5) is 0 Å². The molecule has 3 rings (SSSR count). The van der Waals surface area contributed by atoms with Crippen molar-refractivity contribution in [3.05, 3.63) is 42.0 Å². The molecule has 3 nitrogen and oxygen atoms in total. The molecule has 2 aromatic carbocycles. The number of hydrogen-bond donors (Lipinski definition) is 0. The lowest BCUT2D eigenvalue weighted by Crippen LogP contribution is -2.17. The Balaban J connectivity index is 2.55. The largest absolute Gasteiger partial charge is 0.293 e. The highest BCUT2D eigenvalue weighted by molar-refractivity contribution is 7.93. The second-order valence-corrected chi connectivity index (χ2v) is 6.42. The molecule has 0 saturated heterocycles. The minimum absolute atomic E-state index is 0.202. The maximum atomic E-state index is 12.2. The van der Waals surface area contributed by atoms with E-state index in [1.165, 1.54) is 6.92 Å². The minimum atomic E-state index is -3.51. The number of rotatable bonds is 0. The maximum absolute atomic E-state index is 12.2. The van der Waals surface area contributed by atoms with Crippen molar-refractivity contribution in [2.75, 3.05) is 0 Å². The molecule has 0 saturated carbocycles. The molecule has 0 aromatic heterocycles. The van der Waals surface area contributed by atoms with Crippen LogP contribution < -0.4 is 0 Å². The van der Waals surface area contributed by atoms with E-state index in [-0.39, 0.29) is 10.7 Å². The zero-order valence-corrected chi connectivity index (χ0v) is 9.99. The zero-order chi connectivity index (χ0) is 12.2. The maximum Gasteiger partial charge on any atom is 0.189 e. The van der Waals surface area contributed by atoms with Gasteiger partial charge in [-0.2, -0.15) is 0 Å². The molecule has 86 valence electrons. The summed E-state index contributed by atoms with van der Waals surface area (Å²) in [6.45, 7) is 1.45. The fraction of sp³-hybridized carbons (Fsp3) is 0.154. The van der Waals surface area contributed by atoms with Crippen molar-refractivity contribution in [1.82, 2.24) is 0 Å². The molecule has 1 atom stereocenters. The Morgan fingerprint density at radius 3 is 2.53 bits per heavy atom. The van der Waals surface area contributed by atoms with Crippen LogP contribution in [0.3, 0.4) is 0 Å². The van der Waals surface area contributed by atoms with Gasteiger partial charge < -0.3 is 0 Å². The molecule has 0 N–H and O–H groups in total. The summed E-state index contributed by atoms with van der Waals surface area (Å²) in [4.78, 5) is 12.1. The highest BCUT2D eigenvalue weighted by Gasteiger charge is 2.42. The fourth-order valence-corrected chi connectivity index (χ4v) is 4.01. The van der Waals surface area contributed by atoms with Gasteiger partial charge in [0.25, 0.3) is 0 Å². The van der Waals surface area contributed by atoms with E-state index in [1.54, 1.807) is 24.3 Å². The molecular weight excluding hydrogens is 236 g/mol. The van der Waals surface area contributed by atoms with Crippen LogP contribution in [0.15, 0.2) is 41.3 Å². The van der Waals surface area contributed by atoms with Crippen LogP contribution in [0.5, 0.6) is 0 Å². The van der Waals surface area contributed by atoms with Gasteiger partial charge in [0.1, 0.15) is 5.25 Å². The normalized spacial score (nSPS) is 21.7. The number of fused-ring (bicyclic) bond motifs is 3. The summed E-state index contributed by atoms with van der Waals surface area (Å²) in [5.41, 5.74) is 0.330. The Morgan fingerprint density at radius 2 is 1.76 bits per heavy atom. The Hall–Kier alpha value is -1.68. The summed E-state index contributed by atoms with van der Waals surface area (Å²) in [5, 5.41) is 0.530. The SMILES string of the molecule is CC1C(=O)c2ccc3ccccc3c2S1(=O)=O. The third-order valence-electron chi connectivity index (χ3n) is 3.26. The van der Waals surface area contributed by atoms with Crippen LogP contribution in [-0.2, 0) is 9.84 Å². The molecule has 1 aliphatic rings. The van der Waals surface area contributed by atoms with Crippen molar-refractivity contribution in [1.29, 1.82) is 0 Å². The Bertz CT molecular complexity index is 744. The average Bonchev–Trinajstić information content (AvgIpc) is 2.51. The van der Waals surface area contributed by atoms with Crippen molar-refractivity contribution in [2.24, 2.45) is 0 Å². The third kappa shape index (κ3) is 1.21. The average molecular weight is 246 g/mol. The molecule has 0 bridgehead atoms. The molecule has 0 spiro atoms. The van der Waals surface area contributed by atoms with E-state index in [0.29, 0.717) is 10.9 Å². The van der Waals surface area contributed by atoms with E-state index in [0.717, 1.165) is 5.39 Å². The molecule has 1 heterocycles.